The molecule has 0 aliphatic carbocycles. The second-order valence-corrected chi connectivity index (χ2v) is 5.56. The van der Waals surface area contributed by atoms with Gasteiger partial charge in [-0.3, -0.25) is 14.9 Å². The van der Waals surface area contributed by atoms with E-state index < -0.39 is 4.92 Å². The first-order valence-corrected chi connectivity index (χ1v) is 7.12. The molecule has 21 heavy (non-hydrogen) atoms. The molecule has 0 bridgehead atoms. The molecule has 1 rings (SSSR count). The van der Waals surface area contributed by atoms with E-state index in [0.717, 1.165) is 19.3 Å². The number of nitro groups is 1. The van der Waals surface area contributed by atoms with Crippen LogP contribution in [0.25, 0.3) is 0 Å². The number of nitrogens with zero attached hydrogens (tertiary/aromatic N) is 1. The van der Waals surface area contributed by atoms with Crippen LogP contribution in [0.4, 0.5) is 11.4 Å². The summed E-state index contributed by atoms with van der Waals surface area (Å²) in [5.41, 5.74) is 6.71. The van der Waals surface area contributed by atoms with Gasteiger partial charge in [0.1, 0.15) is 0 Å². The minimum atomic E-state index is -0.447. The lowest BCUT2D eigenvalue weighted by Gasteiger charge is -2.13. The van der Waals surface area contributed by atoms with E-state index in [1.54, 1.807) is 19.1 Å². The zero-order chi connectivity index (χ0) is 16.0. The molecule has 6 heteroatoms. The normalized spacial score (nSPS) is 13.5. The Bertz CT molecular complexity index is 515. The largest absolute Gasteiger partial charge is 0.328 e. The van der Waals surface area contributed by atoms with Crippen LogP contribution in [0, 0.1) is 23.0 Å². The first-order valence-electron chi connectivity index (χ1n) is 7.12. The maximum Gasteiger partial charge on any atom is 0.274 e. The zero-order valence-electron chi connectivity index (χ0n) is 12.8. The summed E-state index contributed by atoms with van der Waals surface area (Å²) in [6.07, 6.45) is 2.52. The molecule has 2 unspecified atom stereocenters. The van der Waals surface area contributed by atoms with Crippen LogP contribution < -0.4 is 11.1 Å². The summed E-state index contributed by atoms with van der Waals surface area (Å²) >= 11 is 0. The number of rotatable bonds is 7. The highest BCUT2D eigenvalue weighted by molar-refractivity contribution is 5.92. The van der Waals surface area contributed by atoms with Crippen molar-refractivity contribution in [2.45, 2.75) is 46.1 Å². The fraction of sp³-hybridized carbons (Fsp3) is 0.533. The third-order valence-corrected chi connectivity index (χ3v) is 3.42. The molecule has 0 fully saturated rings. The van der Waals surface area contributed by atoms with E-state index in [9.17, 15) is 14.9 Å². The van der Waals surface area contributed by atoms with Crippen molar-refractivity contribution in [3.05, 3.63) is 33.9 Å². The van der Waals surface area contributed by atoms with E-state index in [0.29, 0.717) is 11.3 Å². The lowest BCUT2D eigenvalue weighted by molar-refractivity contribution is -0.385. The van der Waals surface area contributed by atoms with Crippen molar-refractivity contribution in [3.63, 3.8) is 0 Å². The quantitative estimate of drug-likeness (QED) is 0.596. The van der Waals surface area contributed by atoms with Crippen molar-refractivity contribution in [1.29, 1.82) is 0 Å². The Morgan fingerprint density at radius 3 is 2.62 bits per heavy atom. The van der Waals surface area contributed by atoms with Gasteiger partial charge in [-0.25, -0.2) is 0 Å². The van der Waals surface area contributed by atoms with Crippen molar-refractivity contribution in [2.24, 2.45) is 11.7 Å². The van der Waals surface area contributed by atoms with E-state index in [1.807, 2.05) is 13.8 Å². The van der Waals surface area contributed by atoms with Crippen molar-refractivity contribution >= 4 is 17.3 Å². The van der Waals surface area contributed by atoms with Crippen molar-refractivity contribution in [3.8, 4) is 0 Å². The standard InChI is InChI=1S/C15H23N3O3/c1-10-7-8-13(9-14(10)18(20)21)17-15(19)11(2)5-4-6-12(3)16/h7-9,11-12H,4-6,16H2,1-3H3,(H,17,19). The topological polar surface area (TPSA) is 98.3 Å². The van der Waals surface area contributed by atoms with Crippen LogP contribution >= 0.6 is 0 Å². The number of nitro benzene ring substituents is 1. The van der Waals surface area contributed by atoms with Gasteiger partial charge in [0.2, 0.25) is 5.91 Å². The van der Waals surface area contributed by atoms with E-state index in [4.69, 9.17) is 5.73 Å². The molecule has 0 aliphatic rings. The Hall–Kier alpha value is -1.95. The second-order valence-electron chi connectivity index (χ2n) is 5.56. The summed E-state index contributed by atoms with van der Waals surface area (Å²) in [6, 6.07) is 4.84. The smallest absolute Gasteiger partial charge is 0.274 e. The minimum Gasteiger partial charge on any atom is -0.328 e. The fourth-order valence-electron chi connectivity index (χ4n) is 2.03. The zero-order valence-corrected chi connectivity index (χ0v) is 12.8. The first kappa shape index (κ1) is 17.1. The highest BCUT2D eigenvalue weighted by Gasteiger charge is 2.16. The van der Waals surface area contributed by atoms with Crippen LogP contribution in [0.1, 0.15) is 38.7 Å². The van der Waals surface area contributed by atoms with Crippen molar-refractivity contribution in [2.75, 3.05) is 5.32 Å². The van der Waals surface area contributed by atoms with Gasteiger partial charge in [-0.15, -0.1) is 0 Å². The molecule has 0 saturated heterocycles. The van der Waals surface area contributed by atoms with Gasteiger partial charge in [-0.05, 0) is 32.8 Å². The number of amides is 1. The summed E-state index contributed by atoms with van der Waals surface area (Å²) in [4.78, 5) is 22.5. The number of aryl methyl sites for hydroxylation is 1. The van der Waals surface area contributed by atoms with Gasteiger partial charge >= 0.3 is 0 Å². The summed E-state index contributed by atoms with van der Waals surface area (Å²) in [5, 5.41) is 13.6. The van der Waals surface area contributed by atoms with Crippen molar-refractivity contribution < 1.29 is 9.72 Å². The first-order chi connectivity index (χ1) is 9.81. The SMILES string of the molecule is Cc1ccc(NC(=O)C(C)CCCC(C)N)cc1[N+](=O)[O-]. The molecule has 3 N–H and O–H groups in total. The molecule has 2 atom stereocenters. The maximum absolute atomic E-state index is 12.0. The molecule has 1 aromatic carbocycles. The monoisotopic (exact) mass is 293 g/mol. The van der Waals surface area contributed by atoms with Gasteiger partial charge < -0.3 is 11.1 Å². The van der Waals surface area contributed by atoms with Gasteiger partial charge in [0.15, 0.2) is 0 Å². The highest BCUT2D eigenvalue weighted by atomic mass is 16.6. The molecule has 116 valence electrons. The predicted molar refractivity (Wildman–Crippen MR) is 83.1 cm³/mol. The molecule has 0 aromatic heterocycles. The van der Waals surface area contributed by atoms with E-state index >= 15 is 0 Å². The molecule has 6 nitrogen and oxygen atoms in total. The van der Waals surface area contributed by atoms with Crippen LogP contribution in [0.3, 0.4) is 0 Å². The molecule has 0 heterocycles. The van der Waals surface area contributed by atoms with E-state index in [1.165, 1.54) is 6.07 Å². The predicted octanol–water partition coefficient (Wildman–Crippen LogP) is 3.00. The number of carbonyl (C=O) groups excluding carboxylic acids is 1. The van der Waals surface area contributed by atoms with E-state index in [-0.39, 0.29) is 23.6 Å². The van der Waals surface area contributed by atoms with Crippen LogP contribution in [0.2, 0.25) is 0 Å². The Kier molecular flexibility index (Phi) is 6.30. The Morgan fingerprint density at radius 1 is 1.38 bits per heavy atom. The molecule has 0 aliphatic heterocycles. The summed E-state index contributed by atoms with van der Waals surface area (Å²) < 4.78 is 0. The van der Waals surface area contributed by atoms with Gasteiger partial charge in [0.05, 0.1) is 4.92 Å². The third-order valence-electron chi connectivity index (χ3n) is 3.42. The molecule has 1 amide bonds. The molecule has 0 spiro atoms. The van der Waals surface area contributed by atoms with Crippen LogP contribution in [0.15, 0.2) is 18.2 Å². The van der Waals surface area contributed by atoms with Crippen LogP contribution in [-0.4, -0.2) is 16.9 Å². The molecule has 0 saturated carbocycles. The maximum atomic E-state index is 12.0. The number of hydrogen-bond acceptors (Lipinski definition) is 4. The Morgan fingerprint density at radius 2 is 2.05 bits per heavy atom. The lowest BCUT2D eigenvalue weighted by atomic mass is 10.0. The number of carbonyl (C=O) groups is 1. The van der Waals surface area contributed by atoms with E-state index in [2.05, 4.69) is 5.32 Å². The minimum absolute atomic E-state index is 0.0115. The average molecular weight is 293 g/mol. The summed E-state index contributed by atoms with van der Waals surface area (Å²) in [5.74, 6) is -0.276. The Balaban J connectivity index is 2.62. The summed E-state index contributed by atoms with van der Waals surface area (Å²) in [6.45, 7) is 5.45. The molecular weight excluding hydrogens is 270 g/mol. The van der Waals surface area contributed by atoms with Gasteiger partial charge in [-0.1, -0.05) is 19.4 Å². The van der Waals surface area contributed by atoms with Crippen LogP contribution in [-0.2, 0) is 4.79 Å². The number of anilines is 1. The van der Waals surface area contributed by atoms with Crippen LogP contribution in [0.5, 0.6) is 0 Å². The highest BCUT2D eigenvalue weighted by Crippen LogP contribution is 2.23. The Labute approximate surface area is 124 Å². The van der Waals surface area contributed by atoms with Gasteiger partial charge in [0.25, 0.3) is 5.69 Å². The van der Waals surface area contributed by atoms with Crippen molar-refractivity contribution in [1.82, 2.24) is 0 Å². The van der Waals surface area contributed by atoms with Gasteiger partial charge in [-0.2, -0.15) is 0 Å². The number of benzene rings is 1. The van der Waals surface area contributed by atoms with Gasteiger partial charge in [0, 0.05) is 29.3 Å². The number of nitrogens with two attached hydrogens (primary N) is 1. The lowest BCUT2D eigenvalue weighted by Crippen LogP contribution is -2.21. The fourth-order valence-corrected chi connectivity index (χ4v) is 2.03. The third kappa shape index (κ3) is 5.51. The number of nitrogens with one attached hydrogen (secondary N) is 1. The molecule has 0 radical (unpaired) electrons. The second kappa shape index (κ2) is 7.73. The molecule has 1 aromatic rings. The average Bonchev–Trinajstić information content (AvgIpc) is 2.40. The summed E-state index contributed by atoms with van der Waals surface area (Å²) in [7, 11) is 0. The number of hydrogen-bond donors (Lipinski definition) is 2. The molecular formula is C15H23N3O3.